The average molecular weight is 503 g/mol. The molecule has 1 saturated heterocycles. The summed E-state index contributed by atoms with van der Waals surface area (Å²) in [5, 5.41) is 10.5. The second-order valence-corrected chi connectivity index (χ2v) is 9.44. The molecule has 3 heterocycles. The van der Waals surface area contributed by atoms with E-state index < -0.39 is 0 Å². The number of rotatable bonds is 5. The van der Waals surface area contributed by atoms with E-state index in [0.29, 0.717) is 31.8 Å². The molecule has 0 aliphatic carbocycles. The summed E-state index contributed by atoms with van der Waals surface area (Å²) in [5.74, 6) is 0.803. The summed E-state index contributed by atoms with van der Waals surface area (Å²) in [7, 11) is 1.98. The third-order valence-electron chi connectivity index (χ3n) is 5.95. The molecule has 0 atom stereocenters. The Kier molecular flexibility index (Phi) is 9.64. The predicted molar refractivity (Wildman–Crippen MR) is 139 cm³/mol. The Morgan fingerprint density at radius 1 is 1.17 bits per heavy atom. The highest BCUT2D eigenvalue weighted by Crippen LogP contribution is 2.34. The number of nitrogens with one attached hydrogen (secondary N) is 2. The highest BCUT2D eigenvalue weighted by molar-refractivity contribution is 7.98. The minimum absolute atomic E-state index is 0. The van der Waals surface area contributed by atoms with Crippen molar-refractivity contribution in [2.75, 3.05) is 19.3 Å². The lowest BCUT2D eigenvalue weighted by atomic mass is 10.1. The number of amidine groups is 1. The molecule has 190 valence electrons. The van der Waals surface area contributed by atoms with E-state index in [0.717, 1.165) is 22.2 Å². The van der Waals surface area contributed by atoms with E-state index in [9.17, 15) is 4.79 Å². The van der Waals surface area contributed by atoms with Gasteiger partial charge in [-0.25, -0.2) is 9.78 Å². The molecule has 0 bridgehead atoms. The number of ether oxygens (including phenoxy) is 1. The minimum Gasteiger partial charge on any atom is -0.473 e. The summed E-state index contributed by atoms with van der Waals surface area (Å²) >= 11 is 1.72. The second kappa shape index (κ2) is 12.0. The molecule has 0 spiro atoms. The monoisotopic (exact) mass is 502 g/mol. The molecule has 1 aliphatic heterocycles. The Hall–Kier alpha value is -3.15. The average Bonchev–Trinajstić information content (AvgIpc) is 3.17. The molecule has 10 nitrogen and oxygen atoms in total. The topological polar surface area (TPSA) is 159 Å². The number of aromatic nitrogens is 3. The van der Waals surface area contributed by atoms with Crippen LogP contribution in [0.4, 0.5) is 4.79 Å². The lowest BCUT2D eigenvalue weighted by Crippen LogP contribution is -2.48. The maximum Gasteiger partial charge on any atom is 0.322 e. The first-order chi connectivity index (χ1) is 15.9. The van der Waals surface area contributed by atoms with Crippen LogP contribution in [0.25, 0.3) is 22.2 Å². The fraction of sp³-hybridized carbons (Fsp3) is 0.417. The number of hydrogen-bond acceptors (Lipinski definition) is 6. The highest BCUT2D eigenvalue weighted by Gasteiger charge is 2.26. The van der Waals surface area contributed by atoms with Gasteiger partial charge in [-0.2, -0.15) is 4.98 Å². The molecule has 1 fully saturated rings. The number of aryl methyl sites for hydroxylation is 1. The van der Waals surface area contributed by atoms with Crippen molar-refractivity contribution in [1.29, 1.82) is 5.41 Å². The number of piperidine rings is 1. The highest BCUT2D eigenvalue weighted by atomic mass is 32.2. The van der Waals surface area contributed by atoms with Crippen LogP contribution in [0.5, 0.6) is 5.88 Å². The van der Waals surface area contributed by atoms with E-state index in [1.807, 2.05) is 25.5 Å². The third-order valence-corrected chi connectivity index (χ3v) is 6.69. The maximum atomic E-state index is 12.4. The first kappa shape index (κ1) is 28.1. The van der Waals surface area contributed by atoms with Gasteiger partial charge in [0.05, 0.1) is 0 Å². The fourth-order valence-electron chi connectivity index (χ4n) is 3.94. The van der Waals surface area contributed by atoms with Crippen LogP contribution >= 0.6 is 11.8 Å². The van der Waals surface area contributed by atoms with Crippen LogP contribution in [0.3, 0.4) is 0 Å². The van der Waals surface area contributed by atoms with E-state index >= 15 is 0 Å². The second-order valence-electron chi connectivity index (χ2n) is 8.56. The summed E-state index contributed by atoms with van der Waals surface area (Å²) in [5.41, 5.74) is 3.89. The van der Waals surface area contributed by atoms with Gasteiger partial charge in [-0.1, -0.05) is 26.0 Å². The van der Waals surface area contributed by atoms with Gasteiger partial charge in [-0.3, -0.25) is 10.7 Å². The van der Waals surface area contributed by atoms with Gasteiger partial charge in [0.15, 0.2) is 0 Å². The van der Waals surface area contributed by atoms with Gasteiger partial charge in [0.1, 0.15) is 29.3 Å². The van der Waals surface area contributed by atoms with Gasteiger partial charge in [-0.15, -0.1) is 11.8 Å². The van der Waals surface area contributed by atoms with Crippen molar-refractivity contribution in [1.82, 2.24) is 24.8 Å². The number of urea groups is 1. The number of nitrogens with zero attached hydrogens (tertiary/aromatic N) is 4. The summed E-state index contributed by atoms with van der Waals surface area (Å²) in [6.07, 6.45) is 7.07. The molecule has 6 N–H and O–H groups in total. The standard InChI is InChI=1S/C24H30N6O2S.2H2O/c1-15(2)22(25)28-24(31)30-11-9-17(10-12-30)32-23-21-20(26-14-27-23)19(13-29(21)3)16-5-7-18(33-4)8-6-16;;/h5-8,13-15,17H,9-12H2,1-4H3,(H2,25,28,31);2*1H2. The third kappa shape index (κ3) is 6.11. The van der Waals surface area contributed by atoms with Gasteiger partial charge in [0, 0.05) is 55.6 Å². The predicted octanol–water partition coefficient (Wildman–Crippen LogP) is 2.89. The normalized spacial score (nSPS) is 13.8. The zero-order valence-electron chi connectivity index (χ0n) is 20.5. The van der Waals surface area contributed by atoms with Crippen molar-refractivity contribution < 1.29 is 20.5 Å². The van der Waals surface area contributed by atoms with Crippen molar-refractivity contribution >= 4 is 34.7 Å². The molecule has 4 rings (SSSR count). The smallest absolute Gasteiger partial charge is 0.322 e. The first-order valence-corrected chi connectivity index (χ1v) is 12.3. The Morgan fingerprint density at radius 2 is 1.83 bits per heavy atom. The van der Waals surface area contributed by atoms with Crippen LogP contribution in [0.1, 0.15) is 26.7 Å². The van der Waals surface area contributed by atoms with Gasteiger partial charge in [0.2, 0.25) is 5.88 Å². The molecule has 0 radical (unpaired) electrons. The summed E-state index contributed by atoms with van der Waals surface area (Å²) in [6, 6.07) is 8.25. The van der Waals surface area contributed by atoms with Gasteiger partial charge < -0.3 is 25.2 Å². The number of fused-ring (bicyclic) bond motifs is 1. The van der Waals surface area contributed by atoms with E-state index in [1.165, 1.54) is 4.90 Å². The van der Waals surface area contributed by atoms with E-state index in [1.54, 1.807) is 23.0 Å². The summed E-state index contributed by atoms with van der Waals surface area (Å²) < 4.78 is 8.32. The van der Waals surface area contributed by atoms with Crippen molar-refractivity contribution in [3.63, 3.8) is 0 Å². The van der Waals surface area contributed by atoms with Crippen LogP contribution in [0.15, 0.2) is 41.7 Å². The van der Waals surface area contributed by atoms with Crippen molar-refractivity contribution in [3.8, 4) is 17.0 Å². The maximum absolute atomic E-state index is 12.4. The molecule has 11 heteroatoms. The lowest BCUT2D eigenvalue weighted by molar-refractivity contribution is 0.110. The molecule has 2 amide bonds. The van der Waals surface area contributed by atoms with Crippen LogP contribution < -0.4 is 10.1 Å². The van der Waals surface area contributed by atoms with Gasteiger partial charge in [0.25, 0.3) is 0 Å². The van der Waals surface area contributed by atoms with Crippen molar-refractivity contribution in [2.24, 2.45) is 13.0 Å². The number of carbonyl (C=O) groups excluding carboxylic acids is 1. The van der Waals surface area contributed by atoms with Crippen LogP contribution in [0.2, 0.25) is 0 Å². The molecule has 1 aliphatic rings. The summed E-state index contributed by atoms with van der Waals surface area (Å²) in [4.78, 5) is 24.3. The number of hydrogen-bond donors (Lipinski definition) is 2. The molecule has 2 aromatic heterocycles. The fourth-order valence-corrected chi connectivity index (χ4v) is 4.35. The van der Waals surface area contributed by atoms with Gasteiger partial charge >= 0.3 is 6.03 Å². The number of likely N-dealkylation sites (tertiary alicyclic amines) is 1. The molecule has 3 aromatic rings. The minimum atomic E-state index is -0.212. The first-order valence-electron chi connectivity index (χ1n) is 11.1. The molecule has 0 unspecified atom stereocenters. The molecular formula is C24H34N6O4S. The number of carbonyl (C=O) groups is 1. The SMILES string of the molecule is CSc1ccc(-c2cn(C)c3c(OC4CCN(C(=O)NC(=N)C(C)C)CC4)ncnc23)cc1.O.O. The Bertz CT molecular complexity index is 1160. The zero-order valence-corrected chi connectivity index (χ0v) is 21.3. The Labute approximate surface area is 209 Å². The lowest BCUT2D eigenvalue weighted by Gasteiger charge is -2.32. The number of amides is 2. The quantitative estimate of drug-likeness (QED) is 0.311. The Balaban J connectivity index is 0.00000216. The largest absolute Gasteiger partial charge is 0.473 e. The Morgan fingerprint density at radius 3 is 2.43 bits per heavy atom. The number of benzene rings is 1. The van der Waals surface area contributed by atoms with E-state index in [-0.39, 0.29) is 34.8 Å². The van der Waals surface area contributed by atoms with E-state index in [2.05, 4.69) is 52.0 Å². The molecule has 35 heavy (non-hydrogen) atoms. The molecular weight excluding hydrogens is 468 g/mol. The van der Waals surface area contributed by atoms with Crippen LogP contribution in [-0.4, -0.2) is 67.7 Å². The van der Waals surface area contributed by atoms with Crippen LogP contribution in [-0.2, 0) is 7.05 Å². The van der Waals surface area contributed by atoms with Gasteiger partial charge in [-0.05, 0) is 24.0 Å². The zero-order chi connectivity index (χ0) is 23.5. The molecule has 1 aromatic carbocycles. The summed E-state index contributed by atoms with van der Waals surface area (Å²) in [6.45, 7) is 4.94. The van der Waals surface area contributed by atoms with Crippen molar-refractivity contribution in [3.05, 3.63) is 36.8 Å². The molecule has 0 saturated carbocycles. The number of thioether (sulfide) groups is 1. The van der Waals surface area contributed by atoms with Crippen molar-refractivity contribution in [2.45, 2.75) is 37.7 Å². The van der Waals surface area contributed by atoms with E-state index in [4.69, 9.17) is 10.1 Å². The van der Waals surface area contributed by atoms with Crippen LogP contribution in [0, 0.1) is 11.3 Å².